The molecule has 0 amide bonds. The monoisotopic (exact) mass is 395 g/mol. The summed E-state index contributed by atoms with van der Waals surface area (Å²) < 4.78 is 60.3. The standard InChI is InChI=1S/C24H15F4O/c25-23-19(12-7-13-20(23)24(26,27)28)18-14-21(16-8-3-1-4-9-16)29-22(15-18)17-10-5-2-6-11-17/h1-15H/q+1. The Morgan fingerprint density at radius 3 is 1.59 bits per heavy atom. The van der Waals surface area contributed by atoms with Gasteiger partial charge in [0.25, 0.3) is 0 Å². The number of hydrogen-bond donors (Lipinski definition) is 0. The van der Waals surface area contributed by atoms with Gasteiger partial charge in [0.1, 0.15) is 5.82 Å². The van der Waals surface area contributed by atoms with Gasteiger partial charge in [0.15, 0.2) is 0 Å². The molecule has 144 valence electrons. The molecule has 0 saturated carbocycles. The van der Waals surface area contributed by atoms with Gasteiger partial charge in [0.2, 0.25) is 0 Å². The Bertz CT molecular complexity index is 1080. The van der Waals surface area contributed by atoms with Gasteiger partial charge in [-0.2, -0.15) is 13.2 Å². The third kappa shape index (κ3) is 3.90. The summed E-state index contributed by atoms with van der Waals surface area (Å²) in [7, 11) is 0. The first kappa shape index (κ1) is 18.9. The van der Waals surface area contributed by atoms with Crippen LogP contribution < -0.4 is 0 Å². The molecule has 4 aromatic rings. The van der Waals surface area contributed by atoms with E-state index in [1.54, 1.807) is 12.1 Å². The first-order chi connectivity index (χ1) is 13.9. The molecule has 4 rings (SSSR count). The Morgan fingerprint density at radius 1 is 0.586 bits per heavy atom. The first-order valence-corrected chi connectivity index (χ1v) is 8.88. The number of halogens is 4. The molecule has 0 fully saturated rings. The lowest BCUT2D eigenvalue weighted by Gasteiger charge is -2.11. The van der Waals surface area contributed by atoms with Crippen LogP contribution in [0.1, 0.15) is 5.56 Å². The van der Waals surface area contributed by atoms with E-state index in [0.717, 1.165) is 17.2 Å². The third-order valence-corrected chi connectivity index (χ3v) is 4.52. The molecule has 0 bridgehead atoms. The van der Waals surface area contributed by atoms with Gasteiger partial charge in [-0.3, -0.25) is 0 Å². The quantitative estimate of drug-likeness (QED) is 0.255. The van der Waals surface area contributed by atoms with E-state index in [2.05, 4.69) is 0 Å². The molecular weight excluding hydrogens is 380 g/mol. The average Bonchev–Trinajstić information content (AvgIpc) is 2.74. The average molecular weight is 395 g/mol. The van der Waals surface area contributed by atoms with Gasteiger partial charge >= 0.3 is 17.7 Å². The second-order valence-corrected chi connectivity index (χ2v) is 6.47. The maximum absolute atomic E-state index is 14.8. The van der Waals surface area contributed by atoms with Crippen molar-refractivity contribution in [2.75, 3.05) is 0 Å². The van der Waals surface area contributed by atoms with Crippen LogP contribution in [0.4, 0.5) is 17.6 Å². The maximum atomic E-state index is 14.8. The summed E-state index contributed by atoms with van der Waals surface area (Å²) in [6.07, 6.45) is -4.77. The SMILES string of the molecule is Fc1c(-c2cc(-c3ccccc3)[o+]c(-c3ccccc3)c2)cccc1C(F)(F)F. The number of benzene rings is 3. The van der Waals surface area contributed by atoms with Crippen LogP contribution in [0.2, 0.25) is 0 Å². The summed E-state index contributed by atoms with van der Waals surface area (Å²) in [5, 5.41) is 0. The molecule has 3 aromatic carbocycles. The molecule has 0 aliphatic carbocycles. The maximum Gasteiger partial charge on any atom is 0.419 e. The fourth-order valence-corrected chi connectivity index (χ4v) is 3.12. The molecule has 0 aliphatic rings. The van der Waals surface area contributed by atoms with Gasteiger partial charge in [0.05, 0.1) is 28.8 Å². The summed E-state index contributed by atoms with van der Waals surface area (Å²) in [5.41, 5.74) is 0.346. The van der Waals surface area contributed by atoms with E-state index in [9.17, 15) is 17.6 Å². The van der Waals surface area contributed by atoms with Crippen molar-refractivity contribution < 1.29 is 22.0 Å². The summed E-state index contributed by atoms with van der Waals surface area (Å²) in [6, 6.07) is 24.7. The molecule has 0 spiro atoms. The summed E-state index contributed by atoms with van der Waals surface area (Å²) in [5.74, 6) is -0.443. The fourth-order valence-electron chi connectivity index (χ4n) is 3.12. The lowest BCUT2D eigenvalue weighted by Crippen LogP contribution is -2.08. The van der Waals surface area contributed by atoms with Gasteiger partial charge < -0.3 is 0 Å². The van der Waals surface area contributed by atoms with Crippen LogP contribution in [0.25, 0.3) is 33.8 Å². The lowest BCUT2D eigenvalue weighted by atomic mass is 9.99. The van der Waals surface area contributed by atoms with E-state index >= 15 is 0 Å². The minimum absolute atomic E-state index is 0.134. The highest BCUT2D eigenvalue weighted by Crippen LogP contribution is 2.38. The Labute approximate surface area is 164 Å². The Morgan fingerprint density at radius 2 is 1.10 bits per heavy atom. The van der Waals surface area contributed by atoms with Crippen LogP contribution in [-0.4, -0.2) is 0 Å². The van der Waals surface area contributed by atoms with E-state index in [1.807, 2.05) is 60.7 Å². The highest BCUT2D eigenvalue weighted by molar-refractivity contribution is 5.75. The predicted octanol–water partition coefficient (Wildman–Crippen LogP) is 7.72. The summed E-state index contributed by atoms with van der Waals surface area (Å²) >= 11 is 0. The number of rotatable bonds is 3. The van der Waals surface area contributed by atoms with Crippen molar-refractivity contribution in [3.63, 3.8) is 0 Å². The van der Waals surface area contributed by atoms with Crippen molar-refractivity contribution in [1.29, 1.82) is 0 Å². The van der Waals surface area contributed by atoms with Crippen molar-refractivity contribution in [2.24, 2.45) is 0 Å². The molecule has 1 aromatic heterocycles. The van der Waals surface area contributed by atoms with Crippen LogP contribution in [0.15, 0.2) is 95.4 Å². The molecule has 5 heteroatoms. The van der Waals surface area contributed by atoms with E-state index in [-0.39, 0.29) is 5.56 Å². The van der Waals surface area contributed by atoms with Crippen LogP contribution in [0.5, 0.6) is 0 Å². The minimum Gasteiger partial charge on any atom is -0.207 e. The van der Waals surface area contributed by atoms with Crippen molar-refractivity contribution in [2.45, 2.75) is 6.18 Å². The van der Waals surface area contributed by atoms with Crippen molar-refractivity contribution in [3.05, 3.63) is 102 Å². The van der Waals surface area contributed by atoms with Gasteiger partial charge in [-0.15, -0.1) is 0 Å². The Balaban J connectivity index is 1.95. The van der Waals surface area contributed by atoms with Crippen LogP contribution in [0.3, 0.4) is 0 Å². The largest absolute Gasteiger partial charge is 0.419 e. The number of hydrogen-bond acceptors (Lipinski definition) is 0. The molecule has 0 radical (unpaired) electrons. The minimum atomic E-state index is -4.77. The van der Waals surface area contributed by atoms with Gasteiger partial charge in [-0.05, 0) is 30.3 Å². The molecule has 1 heterocycles. The summed E-state index contributed by atoms with van der Waals surface area (Å²) in [6.45, 7) is 0. The lowest BCUT2D eigenvalue weighted by molar-refractivity contribution is -0.139. The second-order valence-electron chi connectivity index (χ2n) is 6.47. The highest BCUT2D eigenvalue weighted by atomic mass is 19.4. The predicted molar refractivity (Wildman–Crippen MR) is 104 cm³/mol. The van der Waals surface area contributed by atoms with E-state index in [1.165, 1.54) is 12.1 Å². The molecule has 0 N–H and O–H groups in total. The normalized spacial score (nSPS) is 11.4. The number of alkyl halides is 3. The molecule has 0 atom stereocenters. The van der Waals surface area contributed by atoms with E-state index < -0.39 is 17.6 Å². The zero-order valence-corrected chi connectivity index (χ0v) is 15.1. The zero-order chi connectivity index (χ0) is 20.4. The Kier molecular flexibility index (Phi) is 4.89. The summed E-state index contributed by atoms with van der Waals surface area (Å²) in [4.78, 5) is 0. The Hall–Kier alpha value is -3.47. The van der Waals surface area contributed by atoms with Gasteiger partial charge in [-0.1, -0.05) is 48.5 Å². The molecular formula is C24H15F4O+. The van der Waals surface area contributed by atoms with Crippen LogP contribution >= 0.6 is 0 Å². The third-order valence-electron chi connectivity index (χ3n) is 4.52. The second kappa shape index (κ2) is 7.51. The highest BCUT2D eigenvalue weighted by Gasteiger charge is 2.35. The topological polar surface area (TPSA) is 11.3 Å². The van der Waals surface area contributed by atoms with Crippen LogP contribution in [0, 0.1) is 5.82 Å². The molecule has 0 unspecified atom stereocenters. The van der Waals surface area contributed by atoms with Crippen LogP contribution in [-0.2, 0) is 6.18 Å². The molecule has 0 aliphatic heterocycles. The molecule has 0 saturated heterocycles. The molecule has 1 nitrogen and oxygen atoms in total. The smallest absolute Gasteiger partial charge is 0.207 e. The van der Waals surface area contributed by atoms with Crippen molar-refractivity contribution in [1.82, 2.24) is 0 Å². The van der Waals surface area contributed by atoms with E-state index in [0.29, 0.717) is 17.1 Å². The zero-order valence-electron chi connectivity index (χ0n) is 15.1. The molecule has 29 heavy (non-hydrogen) atoms. The van der Waals surface area contributed by atoms with Crippen molar-refractivity contribution in [3.8, 4) is 33.8 Å². The van der Waals surface area contributed by atoms with E-state index in [4.69, 9.17) is 4.42 Å². The van der Waals surface area contributed by atoms with Crippen molar-refractivity contribution >= 4 is 0 Å². The fraction of sp³-hybridized carbons (Fsp3) is 0.0417. The van der Waals surface area contributed by atoms with Gasteiger partial charge in [-0.25, -0.2) is 8.81 Å². The van der Waals surface area contributed by atoms with Gasteiger partial charge in [0, 0.05) is 11.1 Å². The first-order valence-electron chi connectivity index (χ1n) is 8.88.